The largest absolute Gasteiger partial charge is 0.326 e. The molecule has 0 fully saturated rings. The summed E-state index contributed by atoms with van der Waals surface area (Å²) in [4.78, 5) is 22.8. The minimum absolute atomic E-state index is 0.136. The van der Waals surface area contributed by atoms with Gasteiger partial charge in [-0.3, -0.25) is 4.79 Å². The number of urea groups is 1. The zero-order valence-electron chi connectivity index (χ0n) is 11.3. The molecule has 3 N–H and O–H groups in total. The van der Waals surface area contributed by atoms with Crippen molar-refractivity contribution in [3.05, 3.63) is 53.0 Å². The normalized spacial score (nSPS) is 9.81. The fraction of sp³-hybridized carbons (Fsp3) is 0.0667. The molecule has 0 heterocycles. The number of hydrogen-bond donors (Lipinski definition) is 3. The van der Waals surface area contributed by atoms with Gasteiger partial charge >= 0.3 is 6.03 Å². The number of benzene rings is 2. The Morgan fingerprint density at radius 3 is 2.00 bits per heavy atom. The fourth-order valence-electron chi connectivity index (χ4n) is 1.70. The Kier molecular flexibility index (Phi) is 4.94. The number of halogens is 1. The predicted molar refractivity (Wildman–Crippen MR) is 87.5 cm³/mol. The van der Waals surface area contributed by atoms with Gasteiger partial charge < -0.3 is 16.0 Å². The first-order valence-electron chi connectivity index (χ1n) is 6.24. The summed E-state index contributed by atoms with van der Waals surface area (Å²) in [6.07, 6.45) is 0. The first kappa shape index (κ1) is 15.1. The number of carbonyl (C=O) groups is 2. The molecule has 0 saturated heterocycles. The highest BCUT2D eigenvalue weighted by molar-refractivity contribution is 9.10. The van der Waals surface area contributed by atoms with Crippen LogP contribution in [0.2, 0.25) is 0 Å². The predicted octanol–water partition coefficient (Wildman–Crippen LogP) is 4.05. The van der Waals surface area contributed by atoms with Gasteiger partial charge in [0.05, 0.1) is 0 Å². The molecule has 0 atom stereocenters. The average Bonchev–Trinajstić information content (AvgIpc) is 2.40. The molecule has 21 heavy (non-hydrogen) atoms. The number of hydrogen-bond acceptors (Lipinski definition) is 2. The first-order chi connectivity index (χ1) is 10.0. The van der Waals surface area contributed by atoms with Crippen LogP contribution < -0.4 is 16.0 Å². The third-order valence-corrected chi connectivity index (χ3v) is 3.04. The van der Waals surface area contributed by atoms with Crippen LogP contribution in [0.5, 0.6) is 0 Å². The Bertz CT molecular complexity index is 656. The maximum absolute atomic E-state index is 11.8. The minimum Gasteiger partial charge on any atom is -0.326 e. The Morgan fingerprint density at radius 2 is 1.43 bits per heavy atom. The highest BCUT2D eigenvalue weighted by atomic mass is 79.9. The summed E-state index contributed by atoms with van der Waals surface area (Å²) in [5.74, 6) is -0.136. The number of rotatable bonds is 3. The molecule has 2 rings (SSSR count). The van der Waals surface area contributed by atoms with Crippen LogP contribution in [-0.2, 0) is 4.79 Å². The van der Waals surface area contributed by atoms with E-state index in [0.29, 0.717) is 17.1 Å². The lowest BCUT2D eigenvalue weighted by Crippen LogP contribution is -2.19. The molecule has 3 amide bonds. The molecular formula is C15H14BrN3O2. The van der Waals surface area contributed by atoms with Gasteiger partial charge in [0, 0.05) is 28.5 Å². The van der Waals surface area contributed by atoms with Crippen molar-refractivity contribution in [2.45, 2.75) is 6.92 Å². The van der Waals surface area contributed by atoms with E-state index in [2.05, 4.69) is 31.9 Å². The number of nitrogens with one attached hydrogen (secondary N) is 3. The highest BCUT2D eigenvalue weighted by Gasteiger charge is 2.03. The van der Waals surface area contributed by atoms with Crippen molar-refractivity contribution in [2.24, 2.45) is 0 Å². The van der Waals surface area contributed by atoms with Gasteiger partial charge in [-0.25, -0.2) is 4.79 Å². The van der Waals surface area contributed by atoms with Crippen LogP contribution in [0.4, 0.5) is 21.9 Å². The molecule has 0 aliphatic heterocycles. The van der Waals surface area contributed by atoms with Crippen molar-refractivity contribution < 1.29 is 9.59 Å². The zero-order chi connectivity index (χ0) is 15.2. The van der Waals surface area contributed by atoms with Crippen molar-refractivity contribution in [3.8, 4) is 0 Å². The summed E-state index contributed by atoms with van der Waals surface area (Å²) in [6.45, 7) is 1.44. The summed E-state index contributed by atoms with van der Waals surface area (Å²) in [7, 11) is 0. The molecule has 2 aromatic rings. The van der Waals surface area contributed by atoms with E-state index in [1.807, 2.05) is 12.1 Å². The lowest BCUT2D eigenvalue weighted by atomic mass is 10.3. The summed E-state index contributed by atoms with van der Waals surface area (Å²) in [6, 6.07) is 13.8. The smallest absolute Gasteiger partial charge is 0.323 e. The summed E-state index contributed by atoms with van der Waals surface area (Å²) < 4.78 is 0.889. The monoisotopic (exact) mass is 347 g/mol. The van der Waals surface area contributed by atoms with E-state index in [1.165, 1.54) is 6.92 Å². The summed E-state index contributed by atoms with van der Waals surface area (Å²) in [5, 5.41) is 8.10. The van der Waals surface area contributed by atoms with Crippen LogP contribution >= 0.6 is 15.9 Å². The topological polar surface area (TPSA) is 70.2 Å². The molecule has 0 aliphatic rings. The van der Waals surface area contributed by atoms with Crippen molar-refractivity contribution in [3.63, 3.8) is 0 Å². The van der Waals surface area contributed by atoms with Crippen LogP contribution in [0.3, 0.4) is 0 Å². The Morgan fingerprint density at radius 1 is 0.857 bits per heavy atom. The van der Waals surface area contributed by atoms with Gasteiger partial charge in [-0.15, -0.1) is 0 Å². The molecule has 0 bridgehead atoms. The van der Waals surface area contributed by atoms with E-state index in [0.717, 1.165) is 4.47 Å². The Balaban J connectivity index is 1.95. The Hall–Kier alpha value is -2.34. The van der Waals surface area contributed by atoms with Crippen LogP contribution in [0.15, 0.2) is 53.0 Å². The zero-order valence-corrected chi connectivity index (χ0v) is 12.9. The lowest BCUT2D eigenvalue weighted by molar-refractivity contribution is -0.114. The third kappa shape index (κ3) is 4.92. The van der Waals surface area contributed by atoms with Crippen LogP contribution in [0, 0.1) is 0 Å². The van der Waals surface area contributed by atoms with E-state index in [4.69, 9.17) is 0 Å². The lowest BCUT2D eigenvalue weighted by Gasteiger charge is -2.09. The van der Waals surface area contributed by atoms with E-state index < -0.39 is 0 Å². The molecule has 0 spiro atoms. The van der Waals surface area contributed by atoms with Gasteiger partial charge in [-0.1, -0.05) is 22.0 Å². The molecule has 6 heteroatoms. The average molecular weight is 348 g/mol. The maximum atomic E-state index is 11.8. The summed E-state index contributed by atoms with van der Waals surface area (Å²) >= 11 is 3.34. The molecule has 0 aliphatic carbocycles. The second kappa shape index (κ2) is 6.90. The molecular weight excluding hydrogens is 334 g/mol. The van der Waals surface area contributed by atoms with Crippen LogP contribution in [0.1, 0.15) is 6.92 Å². The van der Waals surface area contributed by atoms with Gasteiger partial charge in [0.25, 0.3) is 0 Å². The highest BCUT2D eigenvalue weighted by Crippen LogP contribution is 2.17. The molecule has 108 valence electrons. The van der Waals surface area contributed by atoms with Crippen molar-refractivity contribution in [1.82, 2.24) is 0 Å². The van der Waals surface area contributed by atoms with E-state index in [-0.39, 0.29) is 11.9 Å². The van der Waals surface area contributed by atoms with Crippen molar-refractivity contribution in [2.75, 3.05) is 16.0 Å². The summed E-state index contributed by atoms with van der Waals surface area (Å²) in [5.41, 5.74) is 2.01. The van der Waals surface area contributed by atoms with Gasteiger partial charge in [0.2, 0.25) is 5.91 Å². The van der Waals surface area contributed by atoms with Gasteiger partial charge in [-0.05, 0) is 42.5 Å². The Labute approximate surface area is 130 Å². The van der Waals surface area contributed by atoms with E-state index in [1.54, 1.807) is 36.4 Å². The van der Waals surface area contributed by atoms with Gasteiger partial charge in [-0.2, -0.15) is 0 Å². The molecule has 0 aromatic heterocycles. The van der Waals surface area contributed by atoms with Gasteiger partial charge in [0.1, 0.15) is 0 Å². The number of carbonyl (C=O) groups excluding carboxylic acids is 2. The molecule has 0 radical (unpaired) electrons. The standard InChI is InChI=1S/C15H14BrN3O2/c1-10(20)17-12-5-7-13(8-6-12)18-15(21)19-14-4-2-3-11(16)9-14/h2-9H,1H3,(H,17,20)(H2,18,19,21). The molecule has 5 nitrogen and oxygen atoms in total. The number of anilines is 3. The number of amides is 3. The maximum Gasteiger partial charge on any atom is 0.323 e. The second-order valence-corrected chi connectivity index (χ2v) is 5.26. The van der Waals surface area contributed by atoms with E-state index in [9.17, 15) is 9.59 Å². The van der Waals surface area contributed by atoms with E-state index >= 15 is 0 Å². The SMILES string of the molecule is CC(=O)Nc1ccc(NC(=O)Nc2cccc(Br)c2)cc1. The quantitative estimate of drug-likeness (QED) is 0.783. The second-order valence-electron chi connectivity index (χ2n) is 4.35. The molecule has 0 unspecified atom stereocenters. The molecule has 0 saturated carbocycles. The molecule has 2 aromatic carbocycles. The van der Waals surface area contributed by atoms with Crippen LogP contribution in [-0.4, -0.2) is 11.9 Å². The third-order valence-electron chi connectivity index (χ3n) is 2.55. The van der Waals surface area contributed by atoms with Crippen molar-refractivity contribution >= 4 is 44.9 Å². The first-order valence-corrected chi connectivity index (χ1v) is 7.03. The van der Waals surface area contributed by atoms with Crippen LogP contribution in [0.25, 0.3) is 0 Å². The fourth-order valence-corrected chi connectivity index (χ4v) is 2.10. The van der Waals surface area contributed by atoms with Gasteiger partial charge in [0.15, 0.2) is 0 Å². The van der Waals surface area contributed by atoms with Crippen molar-refractivity contribution in [1.29, 1.82) is 0 Å². The minimum atomic E-state index is -0.333.